The number of ketones is 1. The van der Waals surface area contributed by atoms with E-state index in [-0.39, 0.29) is 10.6 Å². The second kappa shape index (κ2) is 5.48. The molecule has 2 aliphatic rings. The highest BCUT2D eigenvalue weighted by molar-refractivity contribution is 7.90. The van der Waals surface area contributed by atoms with E-state index in [1.165, 1.54) is 42.6 Å². The molecule has 136 valence electrons. The zero-order valence-electron chi connectivity index (χ0n) is 13.6. The molecule has 2 aliphatic heterocycles. The number of Topliss-reactive ketones (excluding diaryl/α,β-unsaturated/α-hetero) is 1. The lowest BCUT2D eigenvalue weighted by Crippen LogP contribution is -2.34. The van der Waals surface area contributed by atoms with Gasteiger partial charge >= 0.3 is 0 Å². The average molecular weight is 404 g/mol. The minimum absolute atomic E-state index is 0.0415. The summed E-state index contributed by atoms with van der Waals surface area (Å²) in [5, 5.41) is 7.40. The van der Waals surface area contributed by atoms with E-state index in [0.29, 0.717) is 21.7 Å². The van der Waals surface area contributed by atoms with Crippen LogP contribution in [0, 0.1) is 5.82 Å². The standard InChI is InChI=1S/C18H11ClFN3O3S/c19-9-4-6-10(7-5-9)27(25,26)23-17-12(8-21-23)15-14-11(2-1-3-13(14)20)16(22-15)18(17)24/h1-8,15-16,22H. The molecular formula is C18H11ClFN3O3S. The summed E-state index contributed by atoms with van der Waals surface area (Å²) in [5.74, 6) is -0.901. The van der Waals surface area contributed by atoms with Crippen LogP contribution in [-0.4, -0.2) is 23.4 Å². The van der Waals surface area contributed by atoms with E-state index < -0.39 is 33.7 Å². The van der Waals surface area contributed by atoms with Crippen LogP contribution in [0.4, 0.5) is 4.39 Å². The van der Waals surface area contributed by atoms with Gasteiger partial charge in [-0.2, -0.15) is 13.5 Å². The van der Waals surface area contributed by atoms with Crippen LogP contribution in [0.2, 0.25) is 5.02 Å². The minimum atomic E-state index is -4.10. The quantitative estimate of drug-likeness (QED) is 0.711. The van der Waals surface area contributed by atoms with E-state index in [0.717, 1.165) is 4.09 Å². The number of hydrogen-bond donors (Lipinski definition) is 1. The minimum Gasteiger partial charge on any atom is -0.292 e. The molecule has 27 heavy (non-hydrogen) atoms. The molecule has 0 fully saturated rings. The Kier molecular flexibility index (Phi) is 3.37. The predicted molar refractivity (Wildman–Crippen MR) is 94.7 cm³/mol. The molecule has 0 spiro atoms. The van der Waals surface area contributed by atoms with Gasteiger partial charge in [-0.3, -0.25) is 10.1 Å². The summed E-state index contributed by atoms with van der Waals surface area (Å²) in [6.07, 6.45) is 1.30. The smallest absolute Gasteiger partial charge is 0.283 e. The van der Waals surface area contributed by atoms with E-state index in [1.807, 2.05) is 0 Å². The van der Waals surface area contributed by atoms with Gasteiger partial charge in [0.05, 0.1) is 23.2 Å². The summed E-state index contributed by atoms with van der Waals surface area (Å²) in [6, 6.07) is 8.69. The predicted octanol–water partition coefficient (Wildman–Crippen LogP) is 2.84. The summed E-state index contributed by atoms with van der Waals surface area (Å²) < 4.78 is 41.1. The maximum Gasteiger partial charge on any atom is 0.283 e. The van der Waals surface area contributed by atoms with Crippen molar-refractivity contribution in [3.63, 3.8) is 0 Å². The first-order valence-corrected chi connectivity index (χ1v) is 9.89. The van der Waals surface area contributed by atoms with Gasteiger partial charge in [0.25, 0.3) is 10.0 Å². The van der Waals surface area contributed by atoms with Crippen LogP contribution in [0.25, 0.3) is 0 Å². The van der Waals surface area contributed by atoms with E-state index >= 15 is 0 Å². The SMILES string of the molecule is O=C1c2c(cnn2S(=O)(=O)c2ccc(Cl)cc2)C2NC1c1cccc(F)c12. The Labute approximate surface area is 158 Å². The summed E-state index contributed by atoms with van der Waals surface area (Å²) in [5.41, 5.74) is 1.18. The number of hydrogen-bond acceptors (Lipinski definition) is 5. The molecule has 0 aliphatic carbocycles. The van der Waals surface area contributed by atoms with Gasteiger partial charge < -0.3 is 0 Å². The number of carbonyl (C=O) groups excluding carboxylic acids is 1. The zero-order valence-corrected chi connectivity index (χ0v) is 15.1. The largest absolute Gasteiger partial charge is 0.292 e. The first-order chi connectivity index (χ1) is 12.9. The first-order valence-electron chi connectivity index (χ1n) is 8.07. The average Bonchev–Trinajstić information content (AvgIpc) is 3.23. The molecule has 2 aromatic carbocycles. The van der Waals surface area contributed by atoms with Gasteiger partial charge in [-0.05, 0) is 35.9 Å². The van der Waals surface area contributed by atoms with Crippen LogP contribution < -0.4 is 5.32 Å². The van der Waals surface area contributed by atoms with E-state index in [1.54, 1.807) is 6.07 Å². The maximum absolute atomic E-state index is 14.4. The zero-order chi connectivity index (χ0) is 18.9. The van der Waals surface area contributed by atoms with Crippen LogP contribution in [-0.2, 0) is 10.0 Å². The van der Waals surface area contributed by atoms with Gasteiger partial charge in [-0.25, -0.2) is 4.39 Å². The van der Waals surface area contributed by atoms with Crippen molar-refractivity contribution < 1.29 is 17.6 Å². The van der Waals surface area contributed by atoms with Crippen LogP contribution in [0.1, 0.15) is 39.3 Å². The Bertz CT molecular complexity index is 1220. The van der Waals surface area contributed by atoms with E-state index in [9.17, 15) is 17.6 Å². The molecule has 1 N–H and O–H groups in total. The van der Waals surface area contributed by atoms with Crippen LogP contribution >= 0.6 is 11.6 Å². The van der Waals surface area contributed by atoms with Crippen molar-refractivity contribution in [2.75, 3.05) is 0 Å². The van der Waals surface area contributed by atoms with Crippen LogP contribution in [0.3, 0.4) is 0 Å². The van der Waals surface area contributed by atoms with Gasteiger partial charge in [-0.15, -0.1) is 4.09 Å². The second-order valence-corrected chi connectivity index (χ2v) is 8.59. The molecule has 0 amide bonds. The number of benzene rings is 2. The Morgan fingerprint density at radius 1 is 1.07 bits per heavy atom. The summed E-state index contributed by atoms with van der Waals surface area (Å²) in [7, 11) is -4.10. The molecule has 0 saturated heterocycles. The molecular weight excluding hydrogens is 393 g/mol. The normalized spacial score (nSPS) is 20.4. The lowest BCUT2D eigenvalue weighted by molar-refractivity contribution is 0.0927. The van der Waals surface area contributed by atoms with Crippen molar-refractivity contribution in [2.24, 2.45) is 0 Å². The lowest BCUT2D eigenvalue weighted by Gasteiger charge is -2.21. The number of aromatic nitrogens is 2. The van der Waals surface area contributed by atoms with Crippen molar-refractivity contribution in [1.29, 1.82) is 0 Å². The highest BCUT2D eigenvalue weighted by atomic mass is 35.5. The molecule has 9 heteroatoms. The molecule has 0 radical (unpaired) electrons. The molecule has 1 aromatic heterocycles. The first kappa shape index (κ1) is 16.6. The van der Waals surface area contributed by atoms with Crippen molar-refractivity contribution in [2.45, 2.75) is 17.0 Å². The molecule has 3 aromatic rings. The summed E-state index contributed by atoms with van der Waals surface area (Å²) in [4.78, 5) is 13.0. The summed E-state index contributed by atoms with van der Waals surface area (Å²) in [6.45, 7) is 0. The van der Waals surface area contributed by atoms with Crippen molar-refractivity contribution in [1.82, 2.24) is 14.5 Å². The fourth-order valence-corrected chi connectivity index (χ4v) is 5.14. The molecule has 5 rings (SSSR count). The molecule has 2 bridgehead atoms. The van der Waals surface area contributed by atoms with Crippen LogP contribution in [0.15, 0.2) is 53.6 Å². The fraction of sp³-hybridized carbons (Fsp3) is 0.111. The van der Waals surface area contributed by atoms with Gasteiger partial charge in [-0.1, -0.05) is 23.7 Å². The number of nitrogens with zero attached hydrogens (tertiary/aromatic N) is 2. The molecule has 2 unspecified atom stereocenters. The Hall–Kier alpha value is -2.55. The van der Waals surface area contributed by atoms with Crippen molar-refractivity contribution >= 4 is 27.4 Å². The Balaban J connectivity index is 1.71. The molecule has 2 atom stereocenters. The molecule has 3 heterocycles. The number of fused-ring (bicyclic) bond motifs is 7. The third-order valence-corrected chi connectivity index (χ3v) is 6.78. The lowest BCUT2D eigenvalue weighted by atomic mass is 10.00. The van der Waals surface area contributed by atoms with E-state index in [4.69, 9.17) is 11.6 Å². The third kappa shape index (κ3) is 2.17. The monoisotopic (exact) mass is 403 g/mol. The highest BCUT2D eigenvalue weighted by Crippen LogP contribution is 2.45. The third-order valence-electron chi connectivity index (χ3n) is 4.93. The number of carbonyl (C=O) groups is 1. The topological polar surface area (TPSA) is 81.1 Å². The van der Waals surface area contributed by atoms with Crippen molar-refractivity contribution in [3.05, 3.63) is 81.9 Å². The number of halogens is 2. The number of rotatable bonds is 2. The fourth-order valence-electron chi connectivity index (χ4n) is 3.73. The van der Waals surface area contributed by atoms with Crippen molar-refractivity contribution in [3.8, 4) is 0 Å². The van der Waals surface area contributed by atoms with Crippen LogP contribution in [0.5, 0.6) is 0 Å². The Morgan fingerprint density at radius 2 is 1.81 bits per heavy atom. The molecule has 6 nitrogen and oxygen atoms in total. The maximum atomic E-state index is 14.4. The highest BCUT2D eigenvalue weighted by Gasteiger charge is 2.47. The molecule has 0 saturated carbocycles. The van der Waals surface area contributed by atoms with Gasteiger partial charge in [0.1, 0.15) is 11.5 Å². The summed E-state index contributed by atoms with van der Waals surface area (Å²) >= 11 is 5.82. The van der Waals surface area contributed by atoms with Gasteiger partial charge in [0, 0.05) is 16.1 Å². The van der Waals surface area contributed by atoms with Gasteiger partial charge in [0.15, 0.2) is 0 Å². The number of nitrogens with one attached hydrogen (secondary N) is 1. The van der Waals surface area contributed by atoms with Gasteiger partial charge in [0.2, 0.25) is 5.78 Å². The Morgan fingerprint density at radius 3 is 2.56 bits per heavy atom. The second-order valence-electron chi connectivity index (χ2n) is 6.39. The van der Waals surface area contributed by atoms with E-state index in [2.05, 4.69) is 10.4 Å².